The summed E-state index contributed by atoms with van der Waals surface area (Å²) in [6.45, 7) is 2.53. The van der Waals surface area contributed by atoms with Crippen LogP contribution in [0.15, 0.2) is 42.6 Å². The third-order valence-corrected chi connectivity index (χ3v) is 5.30. The van der Waals surface area contributed by atoms with Crippen molar-refractivity contribution in [3.8, 4) is 22.8 Å². The fourth-order valence-corrected chi connectivity index (χ4v) is 3.65. The second-order valence-corrected chi connectivity index (χ2v) is 7.64. The molecule has 11 heteroatoms. The molecule has 4 rings (SSSR count). The molecule has 0 saturated carbocycles. The lowest BCUT2D eigenvalue weighted by molar-refractivity contribution is -0.384. The molecule has 0 spiro atoms. The monoisotopic (exact) mass is 463 g/mol. The molecule has 0 radical (unpaired) electrons. The van der Waals surface area contributed by atoms with Gasteiger partial charge in [0, 0.05) is 36.1 Å². The lowest BCUT2D eigenvalue weighted by Crippen LogP contribution is -2.10. The molecule has 0 aliphatic carbocycles. The van der Waals surface area contributed by atoms with E-state index in [2.05, 4.69) is 15.3 Å². The molecule has 0 fully saturated rings. The van der Waals surface area contributed by atoms with Crippen LogP contribution in [0, 0.1) is 17.0 Å². The predicted molar refractivity (Wildman–Crippen MR) is 128 cm³/mol. The number of anilines is 2. The molecule has 0 amide bonds. The molecule has 4 aromatic rings. The zero-order valence-corrected chi connectivity index (χ0v) is 19.1. The molecule has 3 aromatic heterocycles. The Kier molecular flexibility index (Phi) is 6.44. The van der Waals surface area contributed by atoms with Gasteiger partial charge in [0.05, 0.1) is 30.5 Å². The number of ether oxygens (including phenoxy) is 2. The van der Waals surface area contributed by atoms with E-state index in [9.17, 15) is 10.1 Å². The van der Waals surface area contributed by atoms with Crippen LogP contribution in [0.5, 0.6) is 11.5 Å². The highest BCUT2D eigenvalue weighted by Crippen LogP contribution is 2.32. The van der Waals surface area contributed by atoms with Crippen molar-refractivity contribution in [3.05, 3.63) is 64.1 Å². The first-order valence-electron chi connectivity index (χ1n) is 10.6. The summed E-state index contributed by atoms with van der Waals surface area (Å²) in [5, 5.41) is 14.3. The number of hydrogen-bond donors (Lipinski definition) is 2. The highest BCUT2D eigenvalue weighted by atomic mass is 16.6. The van der Waals surface area contributed by atoms with Gasteiger partial charge >= 0.3 is 5.69 Å². The Bertz CT molecular complexity index is 1350. The van der Waals surface area contributed by atoms with Gasteiger partial charge in [-0.2, -0.15) is 0 Å². The summed E-state index contributed by atoms with van der Waals surface area (Å²) in [5.41, 5.74) is 9.45. The standard InChI is InChI=1S/C23H25N7O4/c1-14-13-29-21(26-14)12-17(15-6-9-19(33-2)20(11-15)34-3)28-23(29)25-10-4-5-16-7-8-18(30(31)32)22(24)27-16/h6-9,11-13H,4-5,10H2,1-3H3,(H2,24,27)(H,25,28). The van der Waals surface area contributed by atoms with E-state index in [1.54, 1.807) is 20.3 Å². The number of methoxy groups -OCH3 is 2. The van der Waals surface area contributed by atoms with Gasteiger partial charge in [0.1, 0.15) is 5.65 Å². The number of rotatable bonds is 9. The fourth-order valence-electron chi connectivity index (χ4n) is 3.65. The summed E-state index contributed by atoms with van der Waals surface area (Å²) in [6, 6.07) is 10.6. The summed E-state index contributed by atoms with van der Waals surface area (Å²) >= 11 is 0. The van der Waals surface area contributed by atoms with Crippen LogP contribution in [0.25, 0.3) is 16.9 Å². The maximum atomic E-state index is 10.9. The molecule has 34 heavy (non-hydrogen) atoms. The molecule has 1 aromatic carbocycles. The first-order chi connectivity index (χ1) is 16.4. The van der Waals surface area contributed by atoms with Crippen LogP contribution in [0.2, 0.25) is 0 Å². The minimum atomic E-state index is -0.539. The van der Waals surface area contributed by atoms with Crippen LogP contribution < -0.4 is 20.5 Å². The molecule has 11 nitrogen and oxygen atoms in total. The minimum absolute atomic E-state index is 0.0738. The molecule has 3 heterocycles. The van der Waals surface area contributed by atoms with Crippen molar-refractivity contribution in [2.24, 2.45) is 0 Å². The third kappa shape index (κ3) is 4.68. The second-order valence-electron chi connectivity index (χ2n) is 7.64. The number of nitro groups is 1. The largest absolute Gasteiger partial charge is 0.493 e. The molecule has 0 bridgehead atoms. The number of nitrogens with two attached hydrogens (primary N) is 1. The third-order valence-electron chi connectivity index (χ3n) is 5.30. The number of benzene rings is 1. The van der Waals surface area contributed by atoms with Gasteiger partial charge in [-0.15, -0.1) is 0 Å². The number of aryl methyl sites for hydroxylation is 2. The second kappa shape index (κ2) is 9.61. The Morgan fingerprint density at radius 1 is 1.09 bits per heavy atom. The number of pyridine rings is 1. The lowest BCUT2D eigenvalue weighted by atomic mass is 10.1. The number of fused-ring (bicyclic) bond motifs is 1. The summed E-state index contributed by atoms with van der Waals surface area (Å²) in [5.74, 6) is 1.84. The van der Waals surface area contributed by atoms with Gasteiger partial charge < -0.3 is 20.5 Å². The van der Waals surface area contributed by atoms with Crippen molar-refractivity contribution in [1.82, 2.24) is 19.4 Å². The van der Waals surface area contributed by atoms with Crippen molar-refractivity contribution in [2.75, 3.05) is 31.8 Å². The van der Waals surface area contributed by atoms with Crippen LogP contribution in [-0.2, 0) is 6.42 Å². The Labute approximate surface area is 195 Å². The molecular weight excluding hydrogens is 438 g/mol. The van der Waals surface area contributed by atoms with E-state index in [-0.39, 0.29) is 11.5 Å². The number of nitrogen functional groups attached to an aromatic ring is 1. The van der Waals surface area contributed by atoms with Gasteiger partial charge in [-0.3, -0.25) is 14.5 Å². The van der Waals surface area contributed by atoms with Crippen molar-refractivity contribution in [1.29, 1.82) is 0 Å². The first kappa shape index (κ1) is 22.8. The Balaban J connectivity index is 1.53. The highest BCUT2D eigenvalue weighted by Gasteiger charge is 2.14. The fraction of sp³-hybridized carbons (Fsp3) is 0.261. The topological polar surface area (TPSA) is 143 Å². The molecule has 0 aliphatic rings. The zero-order valence-electron chi connectivity index (χ0n) is 19.1. The Morgan fingerprint density at radius 2 is 1.88 bits per heavy atom. The molecular formula is C23H25N7O4. The molecule has 0 unspecified atom stereocenters. The van der Waals surface area contributed by atoms with Gasteiger partial charge in [-0.05, 0) is 44.0 Å². The minimum Gasteiger partial charge on any atom is -0.493 e. The number of nitrogens with zero attached hydrogens (tertiary/aromatic N) is 5. The Hall–Kier alpha value is -4.41. The first-order valence-corrected chi connectivity index (χ1v) is 10.6. The average molecular weight is 463 g/mol. The quantitative estimate of drug-likeness (QED) is 0.216. The van der Waals surface area contributed by atoms with Gasteiger partial charge in [-0.1, -0.05) is 0 Å². The van der Waals surface area contributed by atoms with E-state index >= 15 is 0 Å². The average Bonchev–Trinajstić information content (AvgIpc) is 3.21. The van der Waals surface area contributed by atoms with Gasteiger partial charge in [0.25, 0.3) is 0 Å². The maximum Gasteiger partial charge on any atom is 0.311 e. The van der Waals surface area contributed by atoms with Gasteiger partial charge in [-0.25, -0.2) is 15.0 Å². The lowest BCUT2D eigenvalue weighted by Gasteiger charge is -2.12. The van der Waals surface area contributed by atoms with Gasteiger partial charge in [0.2, 0.25) is 11.8 Å². The SMILES string of the molecule is COc1ccc(-c2cc3nc(C)cn3c(NCCCc3ccc([N+](=O)[O-])c(N)n3)n2)cc1OC. The van der Waals surface area contributed by atoms with Gasteiger partial charge in [0.15, 0.2) is 11.5 Å². The van der Waals surface area contributed by atoms with Crippen LogP contribution in [-0.4, -0.2) is 45.0 Å². The molecule has 0 aliphatic heterocycles. The highest BCUT2D eigenvalue weighted by molar-refractivity contribution is 5.69. The van der Waals surface area contributed by atoms with E-state index in [4.69, 9.17) is 20.2 Å². The summed E-state index contributed by atoms with van der Waals surface area (Å²) < 4.78 is 12.7. The number of imidazole rings is 1. The zero-order chi connectivity index (χ0) is 24.2. The number of hydrogen-bond acceptors (Lipinski definition) is 9. The molecule has 176 valence electrons. The van der Waals surface area contributed by atoms with E-state index in [0.717, 1.165) is 29.0 Å². The molecule has 0 saturated heterocycles. The van der Waals surface area contributed by atoms with Crippen LogP contribution in [0.4, 0.5) is 17.5 Å². The summed E-state index contributed by atoms with van der Waals surface area (Å²) in [7, 11) is 3.19. The summed E-state index contributed by atoms with van der Waals surface area (Å²) in [4.78, 5) is 23.9. The normalized spacial score (nSPS) is 10.9. The predicted octanol–water partition coefficient (Wildman–Crippen LogP) is 3.65. The molecule has 0 atom stereocenters. The van der Waals surface area contributed by atoms with E-state index in [0.29, 0.717) is 36.1 Å². The van der Waals surface area contributed by atoms with Crippen LogP contribution in [0.1, 0.15) is 17.8 Å². The van der Waals surface area contributed by atoms with Crippen LogP contribution in [0.3, 0.4) is 0 Å². The smallest absolute Gasteiger partial charge is 0.311 e. The Morgan fingerprint density at radius 3 is 2.59 bits per heavy atom. The summed E-state index contributed by atoms with van der Waals surface area (Å²) in [6.07, 6.45) is 3.25. The maximum absolute atomic E-state index is 10.9. The van der Waals surface area contributed by atoms with E-state index in [1.165, 1.54) is 6.07 Å². The van der Waals surface area contributed by atoms with Crippen molar-refractivity contribution >= 4 is 23.1 Å². The van der Waals surface area contributed by atoms with E-state index < -0.39 is 4.92 Å². The van der Waals surface area contributed by atoms with Crippen molar-refractivity contribution in [3.63, 3.8) is 0 Å². The van der Waals surface area contributed by atoms with Crippen LogP contribution >= 0.6 is 0 Å². The van der Waals surface area contributed by atoms with E-state index in [1.807, 2.05) is 41.8 Å². The molecule has 3 N–H and O–H groups in total. The number of aromatic nitrogens is 4. The van der Waals surface area contributed by atoms with Crippen molar-refractivity contribution in [2.45, 2.75) is 19.8 Å². The number of nitrogens with one attached hydrogen (secondary N) is 1. The van der Waals surface area contributed by atoms with Crippen molar-refractivity contribution < 1.29 is 14.4 Å².